The number of urea groups is 1. The van der Waals surface area contributed by atoms with Crippen molar-refractivity contribution in [3.63, 3.8) is 0 Å². The van der Waals surface area contributed by atoms with Crippen molar-refractivity contribution in [2.75, 3.05) is 18.8 Å². The van der Waals surface area contributed by atoms with Crippen LogP contribution < -0.4 is 10.0 Å². The number of rotatable bonds is 6. The zero-order valence-electron chi connectivity index (χ0n) is 14.1. The minimum atomic E-state index is -3.21. The Kier molecular flexibility index (Phi) is 7.54. The van der Waals surface area contributed by atoms with Crippen LogP contribution in [0.4, 0.5) is 4.79 Å². The fraction of sp³-hybridized carbons (Fsp3) is 0.562. The Morgan fingerprint density at radius 1 is 1.36 bits per heavy atom. The van der Waals surface area contributed by atoms with E-state index in [1.54, 1.807) is 11.0 Å². The number of nitrogens with zero attached hydrogens (tertiary/aromatic N) is 1. The van der Waals surface area contributed by atoms with Crippen LogP contribution in [0.3, 0.4) is 0 Å². The monoisotopic (exact) mass is 451 g/mol. The van der Waals surface area contributed by atoms with Gasteiger partial charge >= 0.3 is 6.03 Å². The van der Waals surface area contributed by atoms with Gasteiger partial charge in [0.25, 0.3) is 0 Å². The largest absolute Gasteiger partial charge is 0.334 e. The van der Waals surface area contributed by atoms with Gasteiger partial charge < -0.3 is 10.2 Å². The van der Waals surface area contributed by atoms with Gasteiger partial charge in [-0.3, -0.25) is 0 Å². The van der Waals surface area contributed by atoms with Crippen molar-refractivity contribution in [3.05, 3.63) is 33.3 Å². The molecule has 1 saturated heterocycles. The number of amides is 2. The average molecular weight is 453 g/mol. The molecule has 0 aliphatic carbocycles. The van der Waals surface area contributed by atoms with Gasteiger partial charge in [0.1, 0.15) is 0 Å². The number of hydrogen-bond acceptors (Lipinski definition) is 3. The van der Waals surface area contributed by atoms with E-state index in [9.17, 15) is 13.2 Å². The van der Waals surface area contributed by atoms with E-state index in [-0.39, 0.29) is 17.8 Å². The highest BCUT2D eigenvalue weighted by molar-refractivity contribution is 9.10. The molecule has 25 heavy (non-hydrogen) atoms. The lowest BCUT2D eigenvalue weighted by Gasteiger charge is -2.32. The lowest BCUT2D eigenvalue weighted by molar-refractivity contribution is 0.179. The summed E-state index contributed by atoms with van der Waals surface area (Å²) in [5.74, 6) is 0.141. The van der Waals surface area contributed by atoms with Crippen LogP contribution in [0.25, 0.3) is 0 Å². The molecule has 1 aliphatic rings. The maximum Gasteiger partial charge on any atom is 0.317 e. The lowest BCUT2D eigenvalue weighted by atomic mass is 10.1. The third-order valence-electron chi connectivity index (χ3n) is 4.05. The number of carbonyl (C=O) groups is 1. The number of benzene rings is 1. The maximum absolute atomic E-state index is 12.3. The molecule has 2 amide bonds. The minimum Gasteiger partial charge on any atom is -0.334 e. The zero-order valence-corrected chi connectivity index (χ0v) is 17.3. The molecule has 0 bridgehead atoms. The van der Waals surface area contributed by atoms with Crippen molar-refractivity contribution >= 4 is 43.6 Å². The first-order valence-electron chi connectivity index (χ1n) is 8.27. The summed E-state index contributed by atoms with van der Waals surface area (Å²) in [5, 5.41) is 3.46. The van der Waals surface area contributed by atoms with Crippen molar-refractivity contribution in [3.8, 4) is 0 Å². The van der Waals surface area contributed by atoms with E-state index in [1.165, 1.54) is 0 Å². The molecular weight excluding hydrogens is 430 g/mol. The van der Waals surface area contributed by atoms with Gasteiger partial charge in [0.2, 0.25) is 10.0 Å². The fourth-order valence-corrected chi connectivity index (χ4v) is 4.87. The summed E-state index contributed by atoms with van der Waals surface area (Å²) in [4.78, 5) is 14.0. The van der Waals surface area contributed by atoms with Crippen LogP contribution in [-0.4, -0.2) is 44.2 Å². The Morgan fingerprint density at radius 3 is 2.64 bits per heavy atom. The van der Waals surface area contributed by atoms with Gasteiger partial charge in [0.05, 0.1) is 5.75 Å². The third-order valence-corrected chi connectivity index (χ3v) is 6.53. The second kappa shape index (κ2) is 9.21. The van der Waals surface area contributed by atoms with Gasteiger partial charge in [-0.05, 0) is 37.0 Å². The van der Waals surface area contributed by atoms with E-state index < -0.39 is 10.0 Å². The summed E-state index contributed by atoms with van der Waals surface area (Å²) < 4.78 is 27.2. The summed E-state index contributed by atoms with van der Waals surface area (Å²) in [6.45, 7) is 3.25. The van der Waals surface area contributed by atoms with Crippen molar-refractivity contribution in [1.29, 1.82) is 0 Å². The molecule has 1 fully saturated rings. The summed E-state index contributed by atoms with van der Waals surface area (Å²) in [6, 6.07) is 5.27. The highest BCUT2D eigenvalue weighted by Crippen LogP contribution is 2.21. The second-order valence-corrected chi connectivity index (χ2v) is 9.29. The van der Waals surface area contributed by atoms with Gasteiger partial charge in [0, 0.05) is 35.2 Å². The molecule has 0 atom stereocenters. The van der Waals surface area contributed by atoms with Crippen molar-refractivity contribution < 1.29 is 13.2 Å². The molecule has 140 valence electrons. The Balaban J connectivity index is 1.79. The normalized spacial score (nSPS) is 16.0. The number of sulfonamides is 1. The van der Waals surface area contributed by atoms with E-state index in [1.807, 2.05) is 19.1 Å². The highest BCUT2D eigenvalue weighted by Gasteiger charge is 2.25. The number of piperidine rings is 1. The molecule has 0 spiro atoms. The van der Waals surface area contributed by atoms with Gasteiger partial charge in [0.15, 0.2) is 0 Å². The Bertz CT molecular complexity index is 707. The molecular formula is C16H23BrClN3O3S. The topological polar surface area (TPSA) is 78.5 Å². The first-order valence-corrected chi connectivity index (χ1v) is 11.1. The van der Waals surface area contributed by atoms with Crippen LogP contribution in [0, 0.1) is 0 Å². The van der Waals surface area contributed by atoms with Gasteiger partial charge in [-0.1, -0.05) is 40.5 Å². The fourth-order valence-electron chi connectivity index (χ4n) is 2.73. The first-order chi connectivity index (χ1) is 11.8. The minimum absolute atomic E-state index is 0.0958. The van der Waals surface area contributed by atoms with Crippen LogP contribution in [0.15, 0.2) is 22.7 Å². The second-order valence-electron chi connectivity index (χ2n) is 6.09. The molecule has 1 aromatic carbocycles. The molecule has 0 saturated carbocycles. The summed E-state index contributed by atoms with van der Waals surface area (Å²) in [6.07, 6.45) is 1.83. The Labute approximate surface area is 162 Å². The van der Waals surface area contributed by atoms with Crippen LogP contribution in [0.2, 0.25) is 5.02 Å². The number of hydrogen-bond donors (Lipinski definition) is 2. The SMILES string of the molecule is CCCS(=O)(=O)NC1CCN(C(=O)NCc2ccc(Br)cc2Cl)CC1. The van der Waals surface area contributed by atoms with Crippen LogP contribution in [0.5, 0.6) is 0 Å². The number of carbonyl (C=O) groups excluding carboxylic acids is 1. The summed E-state index contributed by atoms with van der Waals surface area (Å²) >= 11 is 9.49. The molecule has 2 N–H and O–H groups in total. The predicted octanol–water partition coefficient (Wildman–Crippen LogP) is 3.11. The van der Waals surface area contributed by atoms with E-state index in [0.717, 1.165) is 10.0 Å². The molecule has 1 aliphatic heterocycles. The quantitative estimate of drug-likeness (QED) is 0.696. The van der Waals surface area contributed by atoms with E-state index >= 15 is 0 Å². The van der Waals surface area contributed by atoms with Crippen molar-refractivity contribution in [2.24, 2.45) is 0 Å². The third kappa shape index (κ3) is 6.44. The van der Waals surface area contributed by atoms with Crippen LogP contribution in [-0.2, 0) is 16.6 Å². The summed E-state index contributed by atoms with van der Waals surface area (Å²) in [7, 11) is -3.21. The van der Waals surface area contributed by atoms with E-state index in [2.05, 4.69) is 26.0 Å². The van der Waals surface area contributed by atoms with E-state index in [0.29, 0.717) is 43.9 Å². The molecule has 0 unspecified atom stereocenters. The number of nitrogens with one attached hydrogen (secondary N) is 2. The number of halogens is 2. The molecule has 6 nitrogen and oxygen atoms in total. The van der Waals surface area contributed by atoms with Crippen molar-refractivity contribution in [1.82, 2.24) is 14.9 Å². The van der Waals surface area contributed by atoms with E-state index in [4.69, 9.17) is 11.6 Å². The predicted molar refractivity (Wildman–Crippen MR) is 103 cm³/mol. The Hall–Kier alpha value is -0.830. The molecule has 1 heterocycles. The zero-order chi connectivity index (χ0) is 18.4. The highest BCUT2D eigenvalue weighted by atomic mass is 79.9. The molecule has 0 aromatic heterocycles. The maximum atomic E-state index is 12.3. The molecule has 9 heteroatoms. The van der Waals surface area contributed by atoms with Crippen molar-refractivity contribution in [2.45, 2.75) is 38.8 Å². The average Bonchev–Trinajstić information content (AvgIpc) is 2.54. The van der Waals surface area contributed by atoms with Gasteiger partial charge in [-0.25, -0.2) is 17.9 Å². The van der Waals surface area contributed by atoms with Gasteiger partial charge in [-0.15, -0.1) is 0 Å². The molecule has 1 aromatic rings. The summed E-state index contributed by atoms with van der Waals surface area (Å²) in [5.41, 5.74) is 0.848. The lowest BCUT2D eigenvalue weighted by Crippen LogP contribution is -2.49. The van der Waals surface area contributed by atoms with Crippen LogP contribution >= 0.6 is 27.5 Å². The Morgan fingerprint density at radius 2 is 2.04 bits per heavy atom. The number of likely N-dealkylation sites (tertiary alicyclic amines) is 1. The molecule has 0 radical (unpaired) electrons. The van der Waals surface area contributed by atoms with Gasteiger partial charge in [-0.2, -0.15) is 0 Å². The van der Waals surface area contributed by atoms with Crippen LogP contribution in [0.1, 0.15) is 31.7 Å². The first kappa shape index (κ1) is 20.5. The standard InChI is InChI=1S/C16H23BrClN3O3S/c1-2-9-25(23,24)20-14-5-7-21(8-6-14)16(22)19-11-12-3-4-13(17)10-15(12)18/h3-4,10,14,20H,2,5-9,11H2,1H3,(H,19,22). The smallest absolute Gasteiger partial charge is 0.317 e. The molecule has 2 rings (SSSR count).